The molecule has 5 heteroatoms. The number of carbonyl (C=O) groups is 1. The lowest BCUT2D eigenvalue weighted by Crippen LogP contribution is -2.22. The number of nitrogens with zero attached hydrogens (tertiary/aromatic N) is 3. The van der Waals surface area contributed by atoms with Crippen molar-refractivity contribution in [2.45, 2.75) is 26.2 Å². The Bertz CT molecular complexity index is 342. The third-order valence-corrected chi connectivity index (χ3v) is 2.62. The number of ketones is 1. The molecule has 0 atom stereocenters. The average Bonchev–Trinajstić information content (AvgIpc) is 2.86. The molecule has 1 saturated heterocycles. The highest BCUT2D eigenvalue weighted by atomic mass is 16.5. The van der Waals surface area contributed by atoms with Crippen LogP contribution in [0.2, 0.25) is 0 Å². The van der Waals surface area contributed by atoms with Gasteiger partial charge in [-0.05, 0) is 25.9 Å². The Morgan fingerprint density at radius 1 is 1.47 bits per heavy atom. The van der Waals surface area contributed by atoms with Crippen molar-refractivity contribution in [3.63, 3.8) is 0 Å². The summed E-state index contributed by atoms with van der Waals surface area (Å²) in [5.41, 5.74) is 0. The van der Waals surface area contributed by atoms with E-state index in [9.17, 15) is 4.79 Å². The molecular weight excluding hydrogens is 194 g/mol. The number of aromatic nitrogens is 2. The van der Waals surface area contributed by atoms with E-state index in [1.807, 2.05) is 0 Å². The third-order valence-electron chi connectivity index (χ3n) is 2.62. The van der Waals surface area contributed by atoms with Crippen LogP contribution in [0.25, 0.3) is 0 Å². The van der Waals surface area contributed by atoms with Crippen LogP contribution in [0.1, 0.15) is 36.3 Å². The highest BCUT2D eigenvalue weighted by Gasteiger charge is 2.14. The van der Waals surface area contributed by atoms with Crippen molar-refractivity contribution in [1.29, 1.82) is 0 Å². The molecule has 82 valence electrons. The van der Waals surface area contributed by atoms with Crippen LogP contribution >= 0.6 is 0 Å². The molecule has 15 heavy (non-hydrogen) atoms. The Morgan fingerprint density at radius 3 is 2.80 bits per heavy atom. The molecule has 1 aliphatic rings. The molecule has 5 nitrogen and oxygen atoms in total. The number of carbonyl (C=O) groups excluding carboxylic acids is 1. The normalized spacial score (nSPS) is 17.1. The molecule has 1 aliphatic heterocycles. The molecule has 0 saturated carbocycles. The summed E-state index contributed by atoms with van der Waals surface area (Å²) in [4.78, 5) is 17.3. The minimum absolute atomic E-state index is 0.117. The monoisotopic (exact) mass is 209 g/mol. The van der Waals surface area contributed by atoms with Crippen LogP contribution in [0.3, 0.4) is 0 Å². The van der Waals surface area contributed by atoms with Gasteiger partial charge in [-0.2, -0.15) is 4.98 Å². The van der Waals surface area contributed by atoms with Crippen molar-refractivity contribution in [3.05, 3.63) is 11.7 Å². The van der Waals surface area contributed by atoms with Crippen LogP contribution in [0.5, 0.6) is 0 Å². The molecule has 0 aliphatic carbocycles. The summed E-state index contributed by atoms with van der Waals surface area (Å²) >= 11 is 0. The molecular formula is C10H15N3O2. The zero-order valence-electron chi connectivity index (χ0n) is 8.90. The van der Waals surface area contributed by atoms with Crippen LogP contribution in [0.4, 0.5) is 0 Å². The molecule has 0 bridgehead atoms. The van der Waals surface area contributed by atoms with E-state index in [1.165, 1.54) is 19.8 Å². The van der Waals surface area contributed by atoms with Gasteiger partial charge in [0.25, 0.3) is 5.89 Å². The molecule has 2 rings (SSSR count). The largest absolute Gasteiger partial charge is 0.331 e. The Kier molecular flexibility index (Phi) is 3.11. The quantitative estimate of drug-likeness (QED) is 0.690. The van der Waals surface area contributed by atoms with Gasteiger partial charge in [0.15, 0.2) is 5.82 Å². The lowest BCUT2D eigenvalue weighted by atomic mass is 10.3. The summed E-state index contributed by atoms with van der Waals surface area (Å²) in [7, 11) is 0. The second-order valence-corrected chi connectivity index (χ2v) is 3.87. The number of hydrogen-bond donors (Lipinski definition) is 0. The van der Waals surface area contributed by atoms with Crippen molar-refractivity contribution < 1.29 is 9.32 Å². The van der Waals surface area contributed by atoms with Gasteiger partial charge >= 0.3 is 0 Å². The Balaban J connectivity index is 1.84. The second-order valence-electron chi connectivity index (χ2n) is 3.87. The van der Waals surface area contributed by atoms with E-state index in [4.69, 9.17) is 4.52 Å². The highest BCUT2D eigenvalue weighted by molar-refractivity contribution is 5.89. The highest BCUT2D eigenvalue weighted by Crippen LogP contribution is 2.08. The van der Waals surface area contributed by atoms with E-state index >= 15 is 0 Å². The Morgan fingerprint density at radius 2 is 2.20 bits per heavy atom. The van der Waals surface area contributed by atoms with Crippen molar-refractivity contribution in [1.82, 2.24) is 15.0 Å². The SMILES string of the molecule is CC(=O)c1nc(CCN2CCCC2)no1. The van der Waals surface area contributed by atoms with Crippen LogP contribution in [-0.4, -0.2) is 40.5 Å². The fraction of sp³-hybridized carbons (Fsp3) is 0.700. The minimum Gasteiger partial charge on any atom is -0.331 e. The molecule has 0 amide bonds. The summed E-state index contributed by atoms with van der Waals surface area (Å²) in [6.45, 7) is 4.71. The van der Waals surface area contributed by atoms with E-state index in [0.29, 0.717) is 5.82 Å². The maximum Gasteiger partial charge on any atom is 0.293 e. The maximum atomic E-state index is 10.9. The van der Waals surface area contributed by atoms with Crippen LogP contribution in [0.15, 0.2) is 4.52 Å². The van der Waals surface area contributed by atoms with Gasteiger partial charge in [0.1, 0.15) is 0 Å². The second kappa shape index (κ2) is 4.53. The van der Waals surface area contributed by atoms with Crippen molar-refractivity contribution in [2.75, 3.05) is 19.6 Å². The number of likely N-dealkylation sites (tertiary alicyclic amines) is 1. The molecule has 0 aromatic carbocycles. The zero-order valence-corrected chi connectivity index (χ0v) is 8.90. The summed E-state index contributed by atoms with van der Waals surface area (Å²) in [5.74, 6) is 0.577. The van der Waals surface area contributed by atoms with Crippen LogP contribution < -0.4 is 0 Å². The standard InChI is InChI=1S/C10H15N3O2/c1-8(14)10-11-9(12-15-10)4-7-13-5-2-3-6-13/h2-7H2,1H3. The van der Waals surface area contributed by atoms with E-state index in [1.54, 1.807) is 0 Å². The van der Waals surface area contributed by atoms with Gasteiger partial charge in [-0.25, -0.2) is 0 Å². The summed E-state index contributed by atoms with van der Waals surface area (Å²) < 4.78 is 4.81. The smallest absolute Gasteiger partial charge is 0.293 e. The zero-order chi connectivity index (χ0) is 10.7. The Labute approximate surface area is 88.5 Å². The number of rotatable bonds is 4. The molecule has 0 spiro atoms. The van der Waals surface area contributed by atoms with Crippen molar-refractivity contribution >= 4 is 5.78 Å². The number of Topliss-reactive ketones (excluding diaryl/α,β-unsaturated/α-hetero) is 1. The fourth-order valence-corrected chi connectivity index (χ4v) is 1.76. The van der Waals surface area contributed by atoms with Crippen molar-refractivity contribution in [2.24, 2.45) is 0 Å². The summed E-state index contributed by atoms with van der Waals surface area (Å²) in [5, 5.41) is 3.76. The van der Waals surface area contributed by atoms with Gasteiger partial charge in [-0.3, -0.25) is 4.79 Å². The van der Waals surface area contributed by atoms with Gasteiger partial charge in [0, 0.05) is 19.9 Å². The Hall–Kier alpha value is -1.23. The lowest BCUT2D eigenvalue weighted by Gasteiger charge is -2.11. The maximum absolute atomic E-state index is 10.9. The van der Waals surface area contributed by atoms with Gasteiger partial charge in [-0.1, -0.05) is 5.16 Å². The van der Waals surface area contributed by atoms with E-state index in [-0.39, 0.29) is 11.7 Å². The summed E-state index contributed by atoms with van der Waals surface area (Å²) in [6, 6.07) is 0. The first kappa shape index (κ1) is 10.3. The first-order valence-electron chi connectivity index (χ1n) is 5.31. The average molecular weight is 209 g/mol. The molecule has 2 heterocycles. The van der Waals surface area contributed by atoms with E-state index in [2.05, 4.69) is 15.0 Å². The molecule has 1 fully saturated rings. The molecule has 1 aromatic heterocycles. The van der Waals surface area contributed by atoms with Crippen molar-refractivity contribution in [3.8, 4) is 0 Å². The fourth-order valence-electron chi connectivity index (χ4n) is 1.76. The predicted octanol–water partition coefficient (Wildman–Crippen LogP) is 0.910. The summed E-state index contributed by atoms with van der Waals surface area (Å²) in [6.07, 6.45) is 3.33. The van der Waals surface area contributed by atoms with Gasteiger partial charge in [0.2, 0.25) is 5.78 Å². The molecule has 1 aromatic rings. The first-order chi connectivity index (χ1) is 7.25. The van der Waals surface area contributed by atoms with Gasteiger partial charge < -0.3 is 9.42 Å². The van der Waals surface area contributed by atoms with Gasteiger partial charge in [-0.15, -0.1) is 0 Å². The topological polar surface area (TPSA) is 59.2 Å². The van der Waals surface area contributed by atoms with Gasteiger partial charge in [0.05, 0.1) is 0 Å². The first-order valence-corrected chi connectivity index (χ1v) is 5.31. The van der Waals surface area contributed by atoms with Crippen LogP contribution in [0, 0.1) is 0 Å². The number of hydrogen-bond acceptors (Lipinski definition) is 5. The minimum atomic E-state index is -0.171. The van der Waals surface area contributed by atoms with E-state index in [0.717, 1.165) is 26.1 Å². The molecule has 0 N–H and O–H groups in total. The molecule has 0 radical (unpaired) electrons. The third kappa shape index (κ3) is 2.62. The van der Waals surface area contributed by atoms with E-state index < -0.39 is 0 Å². The van der Waals surface area contributed by atoms with Crippen LogP contribution in [-0.2, 0) is 6.42 Å². The lowest BCUT2D eigenvalue weighted by molar-refractivity contribution is 0.0972. The molecule has 0 unspecified atom stereocenters. The predicted molar refractivity (Wildman–Crippen MR) is 53.7 cm³/mol.